The quantitative estimate of drug-likeness (QED) is 0.778. The van der Waals surface area contributed by atoms with Gasteiger partial charge >= 0.3 is 0 Å². The molecule has 0 aromatic carbocycles. The zero-order chi connectivity index (χ0) is 13.0. The van der Waals surface area contributed by atoms with Crippen LogP contribution < -0.4 is 10.6 Å². The minimum Gasteiger partial charge on any atom is -0.370 e. The molecule has 0 atom stereocenters. The lowest BCUT2D eigenvalue weighted by Gasteiger charge is -2.17. The molecule has 4 heteroatoms. The number of nitrogens with one attached hydrogen (secondary N) is 2. The first-order valence-corrected chi connectivity index (χ1v) is 7.00. The lowest BCUT2D eigenvalue weighted by Crippen LogP contribution is -2.17. The maximum atomic E-state index is 4.35. The van der Waals surface area contributed by atoms with Crippen molar-refractivity contribution in [1.82, 2.24) is 9.97 Å². The van der Waals surface area contributed by atoms with Gasteiger partial charge in [-0.1, -0.05) is 13.3 Å². The molecule has 1 aromatic heterocycles. The first kappa shape index (κ1) is 13.1. The summed E-state index contributed by atoms with van der Waals surface area (Å²) in [5.41, 5.74) is 1.66. The van der Waals surface area contributed by atoms with E-state index in [-0.39, 0.29) is 0 Å². The van der Waals surface area contributed by atoms with Crippen LogP contribution in [0.5, 0.6) is 0 Å². The average Bonchev–Trinajstić information content (AvgIpc) is 3.11. The van der Waals surface area contributed by atoms with Crippen LogP contribution in [0.4, 0.5) is 11.6 Å². The zero-order valence-electron chi connectivity index (χ0n) is 11.7. The van der Waals surface area contributed by atoms with Gasteiger partial charge in [0.2, 0.25) is 0 Å². The highest BCUT2D eigenvalue weighted by atomic mass is 15.1. The molecule has 2 rings (SSSR count). The molecule has 1 aliphatic carbocycles. The Labute approximate surface area is 110 Å². The molecule has 0 unspecified atom stereocenters. The average molecular weight is 248 g/mol. The predicted molar refractivity (Wildman–Crippen MR) is 76.0 cm³/mol. The summed E-state index contributed by atoms with van der Waals surface area (Å²) >= 11 is 0. The van der Waals surface area contributed by atoms with E-state index in [2.05, 4.69) is 41.4 Å². The third-order valence-electron chi connectivity index (χ3n) is 3.80. The number of hydrogen-bond donors (Lipinski definition) is 2. The number of hydrogen-bond acceptors (Lipinski definition) is 4. The number of nitrogens with zero attached hydrogens (tertiary/aromatic N) is 2. The molecule has 4 nitrogen and oxygen atoms in total. The number of anilines is 2. The fourth-order valence-electron chi connectivity index (χ4n) is 2.47. The summed E-state index contributed by atoms with van der Waals surface area (Å²) in [6.45, 7) is 8.34. The Morgan fingerprint density at radius 3 is 2.39 bits per heavy atom. The van der Waals surface area contributed by atoms with Crippen molar-refractivity contribution >= 4 is 11.6 Å². The van der Waals surface area contributed by atoms with Gasteiger partial charge < -0.3 is 10.6 Å². The third-order valence-corrected chi connectivity index (χ3v) is 3.80. The smallest absolute Gasteiger partial charge is 0.134 e. The van der Waals surface area contributed by atoms with Crippen LogP contribution in [0, 0.1) is 12.3 Å². The van der Waals surface area contributed by atoms with Crippen molar-refractivity contribution in [3.8, 4) is 0 Å². The normalized spacial score (nSPS) is 16.4. The van der Waals surface area contributed by atoms with Crippen LogP contribution in [0.25, 0.3) is 0 Å². The molecule has 0 bridgehead atoms. The van der Waals surface area contributed by atoms with Crippen molar-refractivity contribution in [1.29, 1.82) is 0 Å². The molecule has 0 saturated heterocycles. The summed E-state index contributed by atoms with van der Waals surface area (Å²) in [7, 11) is 0. The monoisotopic (exact) mass is 248 g/mol. The van der Waals surface area contributed by atoms with Gasteiger partial charge in [-0.05, 0) is 38.5 Å². The van der Waals surface area contributed by atoms with Gasteiger partial charge in [-0.15, -0.1) is 0 Å². The first-order chi connectivity index (χ1) is 8.71. The summed E-state index contributed by atoms with van der Waals surface area (Å²) in [5.74, 6) is 1.92. The van der Waals surface area contributed by atoms with Crippen molar-refractivity contribution in [2.75, 3.05) is 23.7 Å². The van der Waals surface area contributed by atoms with E-state index in [1.807, 2.05) is 0 Å². The van der Waals surface area contributed by atoms with Gasteiger partial charge in [0, 0.05) is 18.7 Å². The van der Waals surface area contributed by atoms with E-state index in [0.29, 0.717) is 5.41 Å². The minimum absolute atomic E-state index is 0.546. The van der Waals surface area contributed by atoms with E-state index < -0.39 is 0 Å². The largest absolute Gasteiger partial charge is 0.370 e. The minimum atomic E-state index is 0.546. The molecule has 2 N–H and O–H groups in total. The SMILES string of the molecule is CCCC1(CNc2ncnc(NCC)c2C)CC1. The van der Waals surface area contributed by atoms with Crippen molar-refractivity contribution in [3.63, 3.8) is 0 Å². The molecule has 1 saturated carbocycles. The summed E-state index contributed by atoms with van der Waals surface area (Å²) < 4.78 is 0. The maximum absolute atomic E-state index is 4.35. The van der Waals surface area contributed by atoms with Crippen LogP contribution in [-0.2, 0) is 0 Å². The Kier molecular flexibility index (Phi) is 4.04. The van der Waals surface area contributed by atoms with E-state index in [4.69, 9.17) is 0 Å². The molecule has 0 aliphatic heterocycles. The Balaban J connectivity index is 1.99. The van der Waals surface area contributed by atoms with Crippen LogP contribution in [0.2, 0.25) is 0 Å². The van der Waals surface area contributed by atoms with Crippen LogP contribution in [0.15, 0.2) is 6.33 Å². The van der Waals surface area contributed by atoms with Crippen molar-refractivity contribution in [2.45, 2.75) is 46.5 Å². The van der Waals surface area contributed by atoms with Crippen LogP contribution in [0.1, 0.15) is 45.1 Å². The van der Waals surface area contributed by atoms with Gasteiger partial charge in [0.1, 0.15) is 18.0 Å². The topological polar surface area (TPSA) is 49.8 Å². The molecule has 1 aromatic rings. The Bertz CT molecular complexity index is 399. The van der Waals surface area contributed by atoms with Gasteiger partial charge in [-0.2, -0.15) is 0 Å². The van der Waals surface area contributed by atoms with Crippen molar-refractivity contribution in [3.05, 3.63) is 11.9 Å². The van der Waals surface area contributed by atoms with Gasteiger partial charge in [0.05, 0.1) is 0 Å². The van der Waals surface area contributed by atoms with Gasteiger partial charge in [0.15, 0.2) is 0 Å². The molecule has 0 spiro atoms. The summed E-state index contributed by atoms with van der Waals surface area (Å²) in [6.07, 6.45) is 6.94. The van der Waals surface area contributed by atoms with Crippen LogP contribution in [-0.4, -0.2) is 23.1 Å². The number of aromatic nitrogens is 2. The Hall–Kier alpha value is -1.32. The molecule has 1 heterocycles. The fraction of sp³-hybridized carbons (Fsp3) is 0.714. The van der Waals surface area contributed by atoms with E-state index >= 15 is 0 Å². The molecular weight excluding hydrogens is 224 g/mol. The summed E-state index contributed by atoms with van der Waals surface area (Å²) in [6, 6.07) is 0. The van der Waals surface area contributed by atoms with Gasteiger partial charge in [-0.3, -0.25) is 0 Å². The van der Waals surface area contributed by atoms with Gasteiger partial charge in [0.25, 0.3) is 0 Å². The van der Waals surface area contributed by atoms with E-state index in [1.54, 1.807) is 6.33 Å². The summed E-state index contributed by atoms with van der Waals surface area (Å²) in [5, 5.41) is 6.77. The highest BCUT2D eigenvalue weighted by Gasteiger charge is 2.41. The number of rotatable bonds is 7. The second-order valence-corrected chi connectivity index (χ2v) is 5.33. The van der Waals surface area contributed by atoms with Gasteiger partial charge in [-0.25, -0.2) is 9.97 Å². The molecule has 1 aliphatic rings. The molecular formula is C14H24N4. The van der Waals surface area contributed by atoms with E-state index in [0.717, 1.165) is 30.3 Å². The predicted octanol–water partition coefficient (Wildman–Crippen LogP) is 3.21. The van der Waals surface area contributed by atoms with E-state index in [1.165, 1.54) is 25.7 Å². The molecule has 100 valence electrons. The standard InChI is InChI=1S/C14H24N4/c1-4-6-14(7-8-14)9-16-13-11(3)12(15-5-2)17-10-18-13/h10H,4-9H2,1-3H3,(H2,15,16,17,18). The molecule has 18 heavy (non-hydrogen) atoms. The molecule has 0 amide bonds. The second kappa shape index (κ2) is 5.55. The van der Waals surface area contributed by atoms with Crippen molar-refractivity contribution < 1.29 is 0 Å². The summed E-state index contributed by atoms with van der Waals surface area (Å²) in [4.78, 5) is 8.61. The van der Waals surface area contributed by atoms with E-state index in [9.17, 15) is 0 Å². The molecule has 1 fully saturated rings. The third kappa shape index (κ3) is 2.92. The Morgan fingerprint density at radius 1 is 1.17 bits per heavy atom. The van der Waals surface area contributed by atoms with Crippen molar-refractivity contribution in [2.24, 2.45) is 5.41 Å². The van der Waals surface area contributed by atoms with Crippen LogP contribution >= 0.6 is 0 Å². The lowest BCUT2D eigenvalue weighted by molar-refractivity contribution is 0.485. The maximum Gasteiger partial charge on any atom is 0.134 e. The molecule has 0 radical (unpaired) electrons. The van der Waals surface area contributed by atoms with Crippen LogP contribution in [0.3, 0.4) is 0 Å². The lowest BCUT2D eigenvalue weighted by atomic mass is 10.0. The second-order valence-electron chi connectivity index (χ2n) is 5.33. The Morgan fingerprint density at radius 2 is 1.83 bits per heavy atom. The highest BCUT2D eigenvalue weighted by Crippen LogP contribution is 2.49. The highest BCUT2D eigenvalue weighted by molar-refractivity contribution is 5.56. The fourth-order valence-corrected chi connectivity index (χ4v) is 2.47. The zero-order valence-corrected chi connectivity index (χ0v) is 11.7. The first-order valence-electron chi connectivity index (χ1n) is 7.00.